The molecule has 0 fully saturated rings. The highest BCUT2D eigenvalue weighted by Crippen LogP contribution is 2.22. The summed E-state index contributed by atoms with van der Waals surface area (Å²) < 4.78 is 4.84. The number of fused-ring (bicyclic) bond motifs is 1. The first-order valence-corrected chi connectivity index (χ1v) is 6.87. The van der Waals surface area contributed by atoms with Gasteiger partial charge in [-0.25, -0.2) is 14.8 Å². The van der Waals surface area contributed by atoms with E-state index in [9.17, 15) is 4.79 Å². The van der Waals surface area contributed by atoms with Gasteiger partial charge in [0, 0.05) is 5.39 Å². The quantitative estimate of drug-likeness (QED) is 0.814. The first-order chi connectivity index (χ1) is 10.1. The zero-order chi connectivity index (χ0) is 15.4. The molecule has 3 N–H and O–H groups in total. The highest BCUT2D eigenvalue weighted by molar-refractivity contribution is 5.91. The van der Waals surface area contributed by atoms with Gasteiger partial charge < -0.3 is 15.8 Å². The molecule has 0 amide bonds. The van der Waals surface area contributed by atoms with Crippen LogP contribution < -0.4 is 11.1 Å². The zero-order valence-corrected chi connectivity index (χ0v) is 12.5. The summed E-state index contributed by atoms with van der Waals surface area (Å²) >= 11 is 0. The number of benzene rings is 1. The minimum absolute atomic E-state index is 0.0625. The van der Waals surface area contributed by atoms with Crippen LogP contribution in [0.15, 0.2) is 24.3 Å². The van der Waals surface area contributed by atoms with Gasteiger partial charge in [0.1, 0.15) is 17.7 Å². The number of carbonyl (C=O) groups excluding carboxylic acids is 1. The Balaban J connectivity index is 2.46. The van der Waals surface area contributed by atoms with Crippen LogP contribution in [0.2, 0.25) is 0 Å². The lowest BCUT2D eigenvalue weighted by molar-refractivity contribution is -0.142. The molecule has 0 radical (unpaired) electrons. The molecule has 6 nitrogen and oxygen atoms in total. The number of hydrogen-bond acceptors (Lipinski definition) is 6. The molecule has 0 spiro atoms. The smallest absolute Gasteiger partial charge is 0.328 e. The molecule has 0 bridgehead atoms. The summed E-state index contributed by atoms with van der Waals surface area (Å²) in [4.78, 5) is 20.7. The third kappa shape index (κ3) is 3.28. The molecule has 0 aliphatic rings. The van der Waals surface area contributed by atoms with Crippen molar-refractivity contribution in [3.63, 3.8) is 0 Å². The Hall–Kier alpha value is -2.21. The highest BCUT2D eigenvalue weighted by Gasteiger charge is 2.24. The molecule has 0 unspecified atom stereocenters. The normalized spacial score (nSPS) is 12.4. The maximum Gasteiger partial charge on any atom is 0.328 e. The maximum atomic E-state index is 11.9. The van der Waals surface area contributed by atoms with Gasteiger partial charge in [0.15, 0.2) is 0 Å². The molecule has 1 heterocycles. The summed E-state index contributed by atoms with van der Waals surface area (Å²) in [5, 5.41) is 4.02. The molecule has 2 rings (SSSR count). The number of esters is 1. The van der Waals surface area contributed by atoms with Crippen molar-refractivity contribution >= 4 is 22.7 Å². The largest absolute Gasteiger partial charge is 0.467 e. The number of nitrogens with one attached hydrogen (secondary N) is 1. The molecular weight excluding hydrogens is 268 g/mol. The van der Waals surface area contributed by atoms with Crippen LogP contribution in [0.25, 0.3) is 10.9 Å². The van der Waals surface area contributed by atoms with E-state index in [0.717, 1.165) is 10.9 Å². The van der Waals surface area contributed by atoms with E-state index in [4.69, 9.17) is 10.5 Å². The Kier molecular flexibility index (Phi) is 4.70. The molecule has 1 aromatic carbocycles. The van der Waals surface area contributed by atoms with E-state index in [2.05, 4.69) is 15.3 Å². The minimum Gasteiger partial charge on any atom is -0.467 e. The van der Waals surface area contributed by atoms with Crippen molar-refractivity contribution < 1.29 is 9.53 Å². The third-order valence-corrected chi connectivity index (χ3v) is 3.25. The molecule has 0 saturated heterocycles. The second kappa shape index (κ2) is 6.49. The predicted octanol–water partition coefficient (Wildman–Crippen LogP) is 1.70. The molecule has 0 aliphatic carbocycles. The number of aromatic nitrogens is 2. The second-order valence-corrected chi connectivity index (χ2v) is 5.10. The van der Waals surface area contributed by atoms with Gasteiger partial charge in [-0.2, -0.15) is 0 Å². The summed E-state index contributed by atoms with van der Waals surface area (Å²) in [6.07, 6.45) is 0. The molecule has 1 atom stereocenters. The van der Waals surface area contributed by atoms with Crippen molar-refractivity contribution in [2.24, 2.45) is 11.7 Å². The molecule has 1 aromatic heterocycles. The van der Waals surface area contributed by atoms with E-state index in [1.807, 2.05) is 38.1 Å². The number of rotatable bonds is 5. The van der Waals surface area contributed by atoms with Crippen molar-refractivity contribution in [3.05, 3.63) is 30.1 Å². The van der Waals surface area contributed by atoms with Crippen LogP contribution in [0.3, 0.4) is 0 Å². The number of nitrogens with zero attached hydrogens (tertiary/aromatic N) is 2. The van der Waals surface area contributed by atoms with Gasteiger partial charge >= 0.3 is 5.97 Å². The number of hydrogen-bond donors (Lipinski definition) is 2. The van der Waals surface area contributed by atoms with E-state index in [0.29, 0.717) is 11.6 Å². The molecule has 2 aromatic rings. The first kappa shape index (κ1) is 15.2. The summed E-state index contributed by atoms with van der Waals surface area (Å²) in [5.74, 6) is 0.878. The lowest BCUT2D eigenvalue weighted by atomic mass is 10.0. The van der Waals surface area contributed by atoms with Crippen molar-refractivity contribution in [1.29, 1.82) is 0 Å². The SMILES string of the molecule is COC(=O)[C@@H](Nc1nc(CN)nc2ccccc12)C(C)C. The molecule has 0 aliphatic heterocycles. The maximum absolute atomic E-state index is 11.9. The lowest BCUT2D eigenvalue weighted by Gasteiger charge is -2.21. The van der Waals surface area contributed by atoms with Crippen LogP contribution in [0.5, 0.6) is 0 Å². The van der Waals surface area contributed by atoms with Crippen LogP contribution in [0, 0.1) is 5.92 Å². The summed E-state index contributed by atoms with van der Waals surface area (Å²) in [7, 11) is 1.38. The van der Waals surface area contributed by atoms with Crippen LogP contribution in [0.1, 0.15) is 19.7 Å². The van der Waals surface area contributed by atoms with Crippen LogP contribution in [0.4, 0.5) is 5.82 Å². The lowest BCUT2D eigenvalue weighted by Crippen LogP contribution is -2.36. The van der Waals surface area contributed by atoms with Gasteiger partial charge in [-0.3, -0.25) is 0 Å². The molecule has 0 saturated carbocycles. The monoisotopic (exact) mass is 288 g/mol. The summed E-state index contributed by atoms with van der Waals surface area (Å²) in [6, 6.07) is 7.14. The minimum atomic E-state index is -0.473. The van der Waals surface area contributed by atoms with Gasteiger partial charge in [-0.1, -0.05) is 26.0 Å². The standard InChI is InChI=1S/C15H20N4O2/c1-9(2)13(15(20)21-3)19-14-10-6-4-5-7-11(10)17-12(8-16)18-14/h4-7,9,13H,8,16H2,1-3H3,(H,17,18,19)/t13-/m0/s1. The van der Waals surface area contributed by atoms with Gasteiger partial charge in [0.05, 0.1) is 19.2 Å². The van der Waals surface area contributed by atoms with E-state index >= 15 is 0 Å². The number of carbonyl (C=O) groups is 1. The van der Waals surface area contributed by atoms with Gasteiger partial charge in [0.2, 0.25) is 0 Å². The van der Waals surface area contributed by atoms with E-state index in [-0.39, 0.29) is 18.4 Å². The van der Waals surface area contributed by atoms with Crippen LogP contribution >= 0.6 is 0 Å². The number of para-hydroxylation sites is 1. The van der Waals surface area contributed by atoms with Crippen LogP contribution in [-0.4, -0.2) is 29.1 Å². The fraction of sp³-hybridized carbons (Fsp3) is 0.400. The van der Waals surface area contributed by atoms with Gasteiger partial charge in [-0.05, 0) is 18.1 Å². The van der Waals surface area contributed by atoms with Gasteiger partial charge in [-0.15, -0.1) is 0 Å². The summed E-state index contributed by atoms with van der Waals surface area (Å²) in [6.45, 7) is 4.13. The molecule has 6 heteroatoms. The number of ether oxygens (including phenoxy) is 1. The fourth-order valence-corrected chi connectivity index (χ4v) is 2.10. The number of anilines is 1. The van der Waals surface area contributed by atoms with Crippen molar-refractivity contribution in [2.75, 3.05) is 12.4 Å². The average Bonchev–Trinajstić information content (AvgIpc) is 2.50. The average molecular weight is 288 g/mol. The second-order valence-electron chi connectivity index (χ2n) is 5.10. The predicted molar refractivity (Wildman–Crippen MR) is 81.7 cm³/mol. The third-order valence-electron chi connectivity index (χ3n) is 3.25. The Morgan fingerprint density at radius 2 is 2.05 bits per heavy atom. The topological polar surface area (TPSA) is 90.1 Å². The summed E-state index contributed by atoms with van der Waals surface area (Å²) in [5.41, 5.74) is 6.44. The molecular formula is C15H20N4O2. The van der Waals surface area contributed by atoms with Gasteiger partial charge in [0.25, 0.3) is 0 Å². The van der Waals surface area contributed by atoms with E-state index in [1.165, 1.54) is 7.11 Å². The zero-order valence-electron chi connectivity index (χ0n) is 12.5. The Bertz CT molecular complexity index is 643. The van der Waals surface area contributed by atoms with Crippen LogP contribution in [-0.2, 0) is 16.1 Å². The number of nitrogens with two attached hydrogens (primary N) is 1. The van der Waals surface area contributed by atoms with Crippen molar-refractivity contribution in [3.8, 4) is 0 Å². The van der Waals surface area contributed by atoms with Crippen molar-refractivity contribution in [2.45, 2.75) is 26.4 Å². The highest BCUT2D eigenvalue weighted by atomic mass is 16.5. The Morgan fingerprint density at radius 3 is 2.67 bits per heavy atom. The fourth-order valence-electron chi connectivity index (χ4n) is 2.10. The van der Waals surface area contributed by atoms with E-state index < -0.39 is 6.04 Å². The van der Waals surface area contributed by atoms with Crippen molar-refractivity contribution in [1.82, 2.24) is 9.97 Å². The number of methoxy groups -OCH3 is 1. The Morgan fingerprint density at radius 1 is 1.33 bits per heavy atom. The van der Waals surface area contributed by atoms with E-state index in [1.54, 1.807) is 0 Å². The first-order valence-electron chi connectivity index (χ1n) is 6.87. The molecule has 112 valence electrons. The Labute approximate surface area is 123 Å². The molecule has 21 heavy (non-hydrogen) atoms.